The third kappa shape index (κ3) is 4.49. The van der Waals surface area contributed by atoms with Crippen LogP contribution in [-0.4, -0.2) is 44.3 Å². The summed E-state index contributed by atoms with van der Waals surface area (Å²) in [6.07, 6.45) is 5.09. The van der Waals surface area contributed by atoms with E-state index in [4.69, 9.17) is 4.74 Å². The Bertz CT molecular complexity index is 439. The topological polar surface area (TPSA) is 64.1 Å². The van der Waals surface area contributed by atoms with Crippen molar-refractivity contribution in [3.8, 4) is 0 Å². The Hall–Kier alpha value is -0.530. The van der Waals surface area contributed by atoms with Gasteiger partial charge in [-0.1, -0.05) is 13.3 Å². The molecular formula is C13H23N3O2S2. The molecule has 0 bridgehead atoms. The highest BCUT2D eigenvalue weighted by Gasteiger charge is 2.26. The third-order valence-electron chi connectivity index (χ3n) is 3.61. The van der Waals surface area contributed by atoms with Gasteiger partial charge in [0.25, 0.3) is 0 Å². The summed E-state index contributed by atoms with van der Waals surface area (Å²) >= 11 is 1.41. The zero-order valence-corrected chi connectivity index (χ0v) is 13.8. The normalized spacial score (nSPS) is 24.5. The van der Waals surface area contributed by atoms with Gasteiger partial charge in [-0.25, -0.2) is 4.98 Å². The molecule has 1 aromatic rings. The zero-order chi connectivity index (χ0) is 14.4. The molecular weight excluding hydrogens is 294 g/mol. The number of aromatic nitrogens is 2. The first-order chi connectivity index (χ1) is 9.72. The van der Waals surface area contributed by atoms with Gasteiger partial charge in [-0.2, -0.15) is 4.37 Å². The van der Waals surface area contributed by atoms with Crippen molar-refractivity contribution in [2.45, 2.75) is 50.3 Å². The number of rotatable bonds is 7. The molecule has 1 saturated carbocycles. The van der Waals surface area contributed by atoms with Gasteiger partial charge in [0.05, 0.1) is 6.61 Å². The number of anilines is 1. The SMILES string of the molecule is CCS(=O)C1CCCC(Nc2nc(CCOC)ns2)C1. The average molecular weight is 317 g/mol. The molecule has 0 aromatic carbocycles. The Morgan fingerprint density at radius 1 is 1.50 bits per heavy atom. The van der Waals surface area contributed by atoms with Crippen LogP contribution in [0.4, 0.5) is 5.13 Å². The Kier molecular flexibility index (Phi) is 6.38. The summed E-state index contributed by atoms with van der Waals surface area (Å²) < 4.78 is 21.3. The smallest absolute Gasteiger partial charge is 0.202 e. The minimum absolute atomic E-state index is 0.340. The summed E-state index contributed by atoms with van der Waals surface area (Å²) in [7, 11) is 1.00. The van der Waals surface area contributed by atoms with Crippen molar-refractivity contribution in [1.82, 2.24) is 9.36 Å². The van der Waals surface area contributed by atoms with Gasteiger partial charge in [0.1, 0.15) is 5.82 Å². The average Bonchev–Trinajstić information content (AvgIpc) is 2.92. The van der Waals surface area contributed by atoms with E-state index >= 15 is 0 Å². The Morgan fingerprint density at radius 3 is 3.10 bits per heavy atom. The maximum atomic E-state index is 11.9. The van der Waals surface area contributed by atoms with Crippen LogP contribution in [0.2, 0.25) is 0 Å². The van der Waals surface area contributed by atoms with Crippen LogP contribution in [-0.2, 0) is 22.0 Å². The standard InChI is InChI=1S/C13H23N3O2S2/c1-3-20(17)11-6-4-5-10(9-11)14-13-15-12(16-19-13)7-8-18-2/h10-11H,3-9H2,1-2H3,(H,14,15,16). The number of hydrogen-bond acceptors (Lipinski definition) is 6. The van der Waals surface area contributed by atoms with Gasteiger partial charge in [0, 0.05) is 52.9 Å². The van der Waals surface area contributed by atoms with Crippen LogP contribution in [0.3, 0.4) is 0 Å². The van der Waals surface area contributed by atoms with E-state index in [0.717, 1.165) is 48.8 Å². The first-order valence-electron chi connectivity index (χ1n) is 7.18. The first kappa shape index (κ1) is 15.9. The van der Waals surface area contributed by atoms with Crippen molar-refractivity contribution in [2.24, 2.45) is 0 Å². The van der Waals surface area contributed by atoms with E-state index in [9.17, 15) is 4.21 Å². The fourth-order valence-corrected chi connectivity index (χ4v) is 4.57. The number of nitrogens with zero attached hydrogens (tertiary/aromatic N) is 2. The van der Waals surface area contributed by atoms with E-state index < -0.39 is 10.8 Å². The minimum Gasteiger partial charge on any atom is -0.384 e. The number of methoxy groups -OCH3 is 1. The molecule has 1 aliphatic carbocycles. The fourth-order valence-electron chi connectivity index (χ4n) is 2.53. The quantitative estimate of drug-likeness (QED) is 0.835. The third-order valence-corrected chi connectivity index (χ3v) is 6.03. The number of hydrogen-bond donors (Lipinski definition) is 1. The lowest BCUT2D eigenvalue weighted by Gasteiger charge is -2.28. The van der Waals surface area contributed by atoms with Gasteiger partial charge in [0.2, 0.25) is 5.13 Å². The van der Waals surface area contributed by atoms with Crippen LogP contribution in [0.5, 0.6) is 0 Å². The van der Waals surface area contributed by atoms with E-state index in [-0.39, 0.29) is 0 Å². The molecule has 1 aliphatic rings. The van der Waals surface area contributed by atoms with Crippen LogP contribution in [0, 0.1) is 0 Å². The van der Waals surface area contributed by atoms with Crippen molar-refractivity contribution in [2.75, 3.05) is 24.8 Å². The van der Waals surface area contributed by atoms with E-state index in [0.29, 0.717) is 17.9 Å². The molecule has 1 heterocycles. The molecule has 0 aliphatic heterocycles. The molecule has 1 N–H and O–H groups in total. The van der Waals surface area contributed by atoms with E-state index in [1.165, 1.54) is 11.5 Å². The highest BCUT2D eigenvalue weighted by atomic mass is 32.2. The van der Waals surface area contributed by atoms with Crippen LogP contribution in [0.15, 0.2) is 0 Å². The molecule has 0 spiro atoms. The molecule has 2 rings (SSSR count). The molecule has 20 heavy (non-hydrogen) atoms. The van der Waals surface area contributed by atoms with Crippen molar-refractivity contribution in [3.05, 3.63) is 5.82 Å². The molecule has 0 amide bonds. The molecule has 3 atom stereocenters. The lowest BCUT2D eigenvalue weighted by Crippen LogP contribution is -2.32. The van der Waals surface area contributed by atoms with Crippen LogP contribution >= 0.6 is 11.5 Å². The number of nitrogens with one attached hydrogen (secondary N) is 1. The fraction of sp³-hybridized carbons (Fsp3) is 0.846. The van der Waals surface area contributed by atoms with Gasteiger partial charge in [-0.3, -0.25) is 4.21 Å². The van der Waals surface area contributed by atoms with Gasteiger partial charge in [-0.15, -0.1) is 0 Å². The maximum absolute atomic E-state index is 11.9. The summed E-state index contributed by atoms with van der Waals surface area (Å²) in [6.45, 7) is 2.65. The maximum Gasteiger partial charge on any atom is 0.202 e. The largest absolute Gasteiger partial charge is 0.384 e. The second-order valence-corrected chi connectivity index (χ2v) is 7.82. The number of ether oxygens (including phenoxy) is 1. The lowest BCUT2D eigenvalue weighted by molar-refractivity contribution is 0.201. The van der Waals surface area contributed by atoms with Crippen molar-refractivity contribution in [1.29, 1.82) is 0 Å². The van der Waals surface area contributed by atoms with E-state index in [1.54, 1.807) is 7.11 Å². The molecule has 1 aromatic heterocycles. The first-order valence-corrected chi connectivity index (χ1v) is 9.33. The Labute approximate surface area is 127 Å². The van der Waals surface area contributed by atoms with Crippen LogP contribution in [0.1, 0.15) is 38.4 Å². The molecule has 114 valence electrons. The summed E-state index contributed by atoms with van der Waals surface area (Å²) in [5, 5.41) is 4.67. The van der Waals surface area contributed by atoms with Gasteiger partial charge in [0.15, 0.2) is 0 Å². The van der Waals surface area contributed by atoms with Gasteiger partial charge < -0.3 is 10.1 Å². The van der Waals surface area contributed by atoms with Gasteiger partial charge in [-0.05, 0) is 19.3 Å². The van der Waals surface area contributed by atoms with E-state index in [1.807, 2.05) is 6.92 Å². The second kappa shape index (κ2) is 8.05. The lowest BCUT2D eigenvalue weighted by atomic mass is 9.95. The Balaban J connectivity index is 1.86. The predicted octanol–water partition coefficient (Wildman–Crippen LogP) is 2.22. The van der Waals surface area contributed by atoms with Crippen molar-refractivity contribution < 1.29 is 8.95 Å². The monoisotopic (exact) mass is 317 g/mol. The zero-order valence-electron chi connectivity index (χ0n) is 12.1. The Morgan fingerprint density at radius 2 is 2.35 bits per heavy atom. The van der Waals surface area contributed by atoms with Crippen molar-refractivity contribution in [3.63, 3.8) is 0 Å². The molecule has 3 unspecified atom stereocenters. The molecule has 0 saturated heterocycles. The summed E-state index contributed by atoms with van der Waals surface area (Å²) in [5.41, 5.74) is 0. The molecule has 5 nitrogen and oxygen atoms in total. The van der Waals surface area contributed by atoms with Crippen LogP contribution < -0.4 is 5.32 Å². The summed E-state index contributed by atoms with van der Waals surface area (Å²) in [5.74, 6) is 1.60. The van der Waals surface area contributed by atoms with E-state index in [2.05, 4.69) is 14.7 Å². The second-order valence-electron chi connectivity index (χ2n) is 5.06. The molecule has 7 heteroatoms. The highest BCUT2D eigenvalue weighted by molar-refractivity contribution is 7.85. The predicted molar refractivity (Wildman–Crippen MR) is 83.8 cm³/mol. The van der Waals surface area contributed by atoms with Crippen LogP contribution in [0.25, 0.3) is 0 Å². The minimum atomic E-state index is -0.680. The van der Waals surface area contributed by atoms with Crippen molar-refractivity contribution >= 4 is 27.5 Å². The molecule has 1 fully saturated rings. The summed E-state index contributed by atoms with van der Waals surface area (Å²) in [6, 6.07) is 0.382. The summed E-state index contributed by atoms with van der Waals surface area (Å²) in [4.78, 5) is 4.47. The molecule has 0 radical (unpaired) electrons. The highest BCUT2D eigenvalue weighted by Crippen LogP contribution is 2.26. The van der Waals surface area contributed by atoms with Gasteiger partial charge >= 0.3 is 0 Å².